The van der Waals surface area contributed by atoms with Crippen LogP contribution in [0.2, 0.25) is 5.02 Å². The molecule has 2 aliphatic rings. The summed E-state index contributed by atoms with van der Waals surface area (Å²) in [5.74, 6) is -0.511. The van der Waals surface area contributed by atoms with Crippen molar-refractivity contribution in [3.05, 3.63) is 64.4 Å². The normalized spacial score (nSPS) is 22.8. The van der Waals surface area contributed by atoms with Crippen molar-refractivity contribution in [1.29, 1.82) is 0 Å². The molecule has 26 heavy (non-hydrogen) atoms. The van der Waals surface area contributed by atoms with E-state index in [4.69, 9.17) is 21.1 Å². The Hall–Kier alpha value is -2.30. The molecular weight excluding hydrogens is 352 g/mol. The molecule has 1 fully saturated rings. The molecule has 0 amide bonds. The lowest BCUT2D eigenvalue weighted by Gasteiger charge is -2.31. The molecule has 2 aromatic carbocycles. The molecule has 0 saturated carbocycles. The summed E-state index contributed by atoms with van der Waals surface area (Å²) in [4.78, 5) is 12.6. The zero-order valence-electron chi connectivity index (χ0n) is 14.4. The van der Waals surface area contributed by atoms with Gasteiger partial charge in [-0.05, 0) is 60.2 Å². The zero-order valence-corrected chi connectivity index (χ0v) is 15.2. The first kappa shape index (κ1) is 17.1. The van der Waals surface area contributed by atoms with Gasteiger partial charge in [-0.3, -0.25) is 0 Å². The average Bonchev–Trinajstić information content (AvgIpc) is 2.87. The summed E-state index contributed by atoms with van der Waals surface area (Å²) in [6.45, 7) is 2.73. The topological polar surface area (TPSA) is 55.8 Å². The van der Waals surface area contributed by atoms with Crippen LogP contribution < -0.4 is 0 Å². The van der Waals surface area contributed by atoms with E-state index in [1.54, 1.807) is 0 Å². The predicted molar refractivity (Wildman–Crippen MR) is 100 cm³/mol. The quantitative estimate of drug-likeness (QED) is 0.779. The maximum Gasteiger partial charge on any atom is 0.343 e. The second kappa shape index (κ2) is 6.45. The van der Waals surface area contributed by atoms with Gasteiger partial charge in [0.15, 0.2) is 11.4 Å². The largest absolute Gasteiger partial charge is 0.507 e. The summed E-state index contributed by atoms with van der Waals surface area (Å²) in [5.41, 5.74) is 2.71. The average molecular weight is 371 g/mol. The van der Waals surface area contributed by atoms with Crippen LogP contribution in [0.3, 0.4) is 0 Å². The highest BCUT2D eigenvalue weighted by molar-refractivity contribution is 6.30. The molecule has 1 atom stereocenters. The van der Waals surface area contributed by atoms with Crippen molar-refractivity contribution in [3.63, 3.8) is 0 Å². The molecule has 0 aromatic heterocycles. The molecular formula is C21H19ClO4. The molecule has 1 N–H and O–H groups in total. The van der Waals surface area contributed by atoms with Crippen LogP contribution in [0.5, 0.6) is 0 Å². The summed E-state index contributed by atoms with van der Waals surface area (Å²) in [7, 11) is 0. The highest BCUT2D eigenvalue weighted by Gasteiger charge is 2.50. The highest BCUT2D eigenvalue weighted by Crippen LogP contribution is 2.42. The summed E-state index contributed by atoms with van der Waals surface area (Å²) in [5, 5.41) is 11.5. The van der Waals surface area contributed by atoms with Crippen LogP contribution in [0, 0.1) is 6.92 Å². The monoisotopic (exact) mass is 370 g/mol. The van der Waals surface area contributed by atoms with E-state index in [1.807, 2.05) is 49.4 Å². The number of hydrogen-bond acceptors (Lipinski definition) is 4. The van der Waals surface area contributed by atoms with Gasteiger partial charge in [-0.1, -0.05) is 35.9 Å². The van der Waals surface area contributed by atoms with E-state index < -0.39 is 11.6 Å². The highest BCUT2D eigenvalue weighted by atomic mass is 35.5. The molecule has 2 aromatic rings. The first-order valence-corrected chi connectivity index (χ1v) is 9.00. The number of aryl methyl sites for hydroxylation is 1. The Morgan fingerprint density at radius 1 is 1.12 bits per heavy atom. The molecule has 1 unspecified atom stereocenters. The minimum absolute atomic E-state index is 0.0152. The molecule has 5 heteroatoms. The van der Waals surface area contributed by atoms with Gasteiger partial charge >= 0.3 is 5.97 Å². The van der Waals surface area contributed by atoms with E-state index in [2.05, 4.69) is 0 Å². The number of aliphatic hydroxyl groups excluding tert-OH is 1. The number of hydrogen-bond donors (Lipinski definition) is 1. The third kappa shape index (κ3) is 2.79. The molecule has 2 heterocycles. The maximum atomic E-state index is 12.6. The number of carbonyl (C=O) groups is 1. The molecule has 1 saturated heterocycles. The molecule has 4 nitrogen and oxygen atoms in total. The molecule has 134 valence electrons. The molecule has 0 aliphatic carbocycles. The number of halogens is 1. The van der Waals surface area contributed by atoms with Crippen molar-refractivity contribution < 1.29 is 19.4 Å². The Morgan fingerprint density at radius 2 is 1.85 bits per heavy atom. The van der Waals surface area contributed by atoms with Gasteiger partial charge in [-0.2, -0.15) is 0 Å². The smallest absolute Gasteiger partial charge is 0.343 e. The van der Waals surface area contributed by atoms with Crippen LogP contribution in [-0.4, -0.2) is 29.9 Å². The van der Waals surface area contributed by atoms with Gasteiger partial charge in [-0.25, -0.2) is 4.79 Å². The fourth-order valence-electron chi connectivity index (χ4n) is 3.59. The van der Waals surface area contributed by atoms with Crippen LogP contribution in [0.25, 0.3) is 16.7 Å². The molecule has 1 spiro atoms. The number of esters is 1. The number of ether oxygens (including phenoxy) is 2. The van der Waals surface area contributed by atoms with E-state index in [0.29, 0.717) is 23.6 Å². The Balaban J connectivity index is 1.80. The van der Waals surface area contributed by atoms with Crippen molar-refractivity contribution in [1.82, 2.24) is 0 Å². The number of aliphatic hydroxyl groups is 1. The third-order valence-electron chi connectivity index (χ3n) is 5.05. The van der Waals surface area contributed by atoms with E-state index in [-0.39, 0.29) is 17.9 Å². The SMILES string of the molecule is Cc1ccc(-c2ccc(Cl)cc2)cc1C1=C(O)C2(CCCOC2)OC1=O. The lowest BCUT2D eigenvalue weighted by molar-refractivity contribution is -0.158. The van der Waals surface area contributed by atoms with Crippen molar-refractivity contribution in [2.75, 3.05) is 13.2 Å². The second-order valence-electron chi connectivity index (χ2n) is 6.80. The Bertz CT molecular complexity index is 893. The van der Waals surface area contributed by atoms with Gasteiger partial charge in [0.05, 0.1) is 6.61 Å². The van der Waals surface area contributed by atoms with Crippen LogP contribution in [0.1, 0.15) is 24.0 Å². The number of rotatable bonds is 2. The Kier molecular flexibility index (Phi) is 4.25. The van der Waals surface area contributed by atoms with E-state index in [0.717, 1.165) is 23.1 Å². The number of carbonyl (C=O) groups excluding carboxylic acids is 1. The van der Waals surface area contributed by atoms with Crippen LogP contribution in [0.4, 0.5) is 0 Å². The summed E-state index contributed by atoms with van der Waals surface area (Å²) >= 11 is 5.97. The molecule has 4 rings (SSSR count). The lowest BCUT2D eigenvalue weighted by atomic mass is 9.89. The first-order chi connectivity index (χ1) is 12.5. The summed E-state index contributed by atoms with van der Waals surface area (Å²) in [6.07, 6.45) is 1.32. The number of benzene rings is 2. The Labute approximate surface area is 157 Å². The molecule has 2 aliphatic heterocycles. The van der Waals surface area contributed by atoms with E-state index in [9.17, 15) is 9.90 Å². The Morgan fingerprint density at radius 3 is 2.54 bits per heavy atom. The zero-order chi connectivity index (χ0) is 18.3. The van der Waals surface area contributed by atoms with Crippen LogP contribution in [-0.2, 0) is 14.3 Å². The third-order valence-corrected chi connectivity index (χ3v) is 5.30. The van der Waals surface area contributed by atoms with Gasteiger partial charge in [0, 0.05) is 11.6 Å². The van der Waals surface area contributed by atoms with Gasteiger partial charge in [0.1, 0.15) is 5.57 Å². The van der Waals surface area contributed by atoms with Gasteiger partial charge in [0.2, 0.25) is 0 Å². The van der Waals surface area contributed by atoms with Crippen molar-refractivity contribution in [3.8, 4) is 11.1 Å². The van der Waals surface area contributed by atoms with Gasteiger partial charge in [0.25, 0.3) is 0 Å². The molecule has 0 bridgehead atoms. The van der Waals surface area contributed by atoms with Crippen molar-refractivity contribution >= 4 is 23.1 Å². The lowest BCUT2D eigenvalue weighted by Crippen LogP contribution is -2.41. The van der Waals surface area contributed by atoms with Gasteiger partial charge < -0.3 is 14.6 Å². The summed E-state index contributed by atoms with van der Waals surface area (Å²) in [6, 6.07) is 13.3. The fourth-order valence-corrected chi connectivity index (χ4v) is 3.71. The van der Waals surface area contributed by atoms with Gasteiger partial charge in [-0.15, -0.1) is 0 Å². The fraction of sp³-hybridized carbons (Fsp3) is 0.286. The van der Waals surface area contributed by atoms with E-state index in [1.165, 1.54) is 0 Å². The first-order valence-electron chi connectivity index (χ1n) is 8.62. The molecule has 0 radical (unpaired) electrons. The second-order valence-corrected chi connectivity index (χ2v) is 7.24. The predicted octanol–water partition coefficient (Wildman–Crippen LogP) is 4.69. The standard InChI is InChI=1S/C21H19ClO4/c1-13-3-4-15(14-5-7-16(22)8-6-14)11-17(13)18-19(23)21(26-20(18)24)9-2-10-25-12-21/h3-8,11,23H,2,9-10,12H2,1H3. The summed E-state index contributed by atoms with van der Waals surface area (Å²) < 4.78 is 11.0. The van der Waals surface area contributed by atoms with Crippen LogP contribution in [0.15, 0.2) is 48.2 Å². The van der Waals surface area contributed by atoms with Crippen LogP contribution >= 0.6 is 11.6 Å². The van der Waals surface area contributed by atoms with E-state index >= 15 is 0 Å². The minimum Gasteiger partial charge on any atom is -0.507 e. The van der Waals surface area contributed by atoms with Crippen molar-refractivity contribution in [2.24, 2.45) is 0 Å². The maximum absolute atomic E-state index is 12.6. The minimum atomic E-state index is -1.03. The van der Waals surface area contributed by atoms with Crippen molar-refractivity contribution in [2.45, 2.75) is 25.4 Å².